The molecule has 1 aromatic heterocycles. The third-order valence-electron chi connectivity index (χ3n) is 1.90. The summed E-state index contributed by atoms with van der Waals surface area (Å²) in [5.74, 6) is 0. The van der Waals surface area contributed by atoms with Crippen molar-refractivity contribution in [3.05, 3.63) is 30.5 Å². The van der Waals surface area contributed by atoms with Crippen LogP contribution in [0, 0.1) is 0 Å². The van der Waals surface area contributed by atoms with E-state index >= 15 is 0 Å². The second kappa shape index (κ2) is 4.41. The van der Waals surface area contributed by atoms with Crippen LogP contribution in [0.2, 0.25) is 0 Å². The van der Waals surface area contributed by atoms with Crippen LogP contribution >= 0.6 is 58.8 Å². The Kier molecular flexibility index (Phi) is 3.13. The van der Waals surface area contributed by atoms with Gasteiger partial charge in [0.2, 0.25) is 0 Å². The Labute approximate surface area is 110 Å². The quantitative estimate of drug-likeness (QED) is 0.782. The maximum Gasteiger partial charge on any atom is 0.0707 e. The highest BCUT2D eigenvalue weighted by Gasteiger charge is 2.24. The molecule has 0 aliphatic carbocycles. The van der Waals surface area contributed by atoms with E-state index in [0.717, 1.165) is 0 Å². The second-order valence-corrected chi connectivity index (χ2v) is 8.48. The molecular weight excluding hydrogens is 282 g/mol. The summed E-state index contributed by atoms with van der Waals surface area (Å²) in [6.45, 7) is 0. The van der Waals surface area contributed by atoms with Crippen molar-refractivity contribution in [2.24, 2.45) is 0 Å². The summed E-state index contributed by atoms with van der Waals surface area (Å²) in [7, 11) is 0. The number of hydrogen-bond donors (Lipinski definition) is 1. The zero-order valence-corrected chi connectivity index (χ0v) is 11.9. The molecule has 78 valence electrons. The topological polar surface area (TPSA) is 15.8 Å². The van der Waals surface area contributed by atoms with Crippen molar-refractivity contribution in [3.8, 4) is 0 Å². The predicted octanol–water partition coefficient (Wildman–Crippen LogP) is 4.98. The molecule has 0 saturated carbocycles. The van der Waals surface area contributed by atoms with Crippen molar-refractivity contribution in [1.29, 1.82) is 0 Å². The van der Waals surface area contributed by atoms with Crippen molar-refractivity contribution in [2.75, 3.05) is 6.26 Å². The summed E-state index contributed by atoms with van der Waals surface area (Å²) in [6, 6.07) is 0. The molecule has 2 aliphatic heterocycles. The molecule has 3 rings (SSSR count). The SMILES string of the molecule is CSC1=CSC(=C2Sc3c[nH]cc3S2)S1. The largest absolute Gasteiger partial charge is 0.366 e. The Morgan fingerprint density at radius 2 is 1.80 bits per heavy atom. The summed E-state index contributed by atoms with van der Waals surface area (Å²) < 4.78 is 4.27. The molecule has 1 nitrogen and oxygen atoms in total. The molecule has 0 aromatic carbocycles. The first-order valence-corrected chi connectivity index (χ1v) is 8.77. The van der Waals surface area contributed by atoms with Gasteiger partial charge in [-0.05, 0) is 11.7 Å². The van der Waals surface area contributed by atoms with Crippen molar-refractivity contribution in [1.82, 2.24) is 4.98 Å². The lowest BCUT2D eigenvalue weighted by molar-refractivity contribution is 1.36. The van der Waals surface area contributed by atoms with Crippen LogP contribution in [0.15, 0.2) is 40.3 Å². The average Bonchev–Trinajstić information content (AvgIpc) is 2.91. The lowest BCUT2D eigenvalue weighted by Gasteiger charge is -2.00. The molecule has 3 heterocycles. The van der Waals surface area contributed by atoms with E-state index in [9.17, 15) is 0 Å². The molecule has 6 heteroatoms. The van der Waals surface area contributed by atoms with Crippen molar-refractivity contribution in [3.63, 3.8) is 0 Å². The maximum absolute atomic E-state index is 3.14. The van der Waals surface area contributed by atoms with Crippen LogP contribution in [0.1, 0.15) is 0 Å². The fourth-order valence-electron chi connectivity index (χ4n) is 1.22. The third kappa shape index (κ3) is 2.02. The highest BCUT2D eigenvalue weighted by atomic mass is 32.2. The van der Waals surface area contributed by atoms with E-state index in [0.29, 0.717) is 0 Å². The number of rotatable bonds is 1. The van der Waals surface area contributed by atoms with Crippen LogP contribution in [-0.4, -0.2) is 11.2 Å². The number of nitrogens with one attached hydrogen (secondary N) is 1. The van der Waals surface area contributed by atoms with Gasteiger partial charge in [0, 0.05) is 22.2 Å². The fraction of sp³-hybridized carbons (Fsp3) is 0.111. The molecule has 1 N–H and O–H groups in total. The Balaban J connectivity index is 1.82. The number of thioether (sulfide) groups is 5. The van der Waals surface area contributed by atoms with Gasteiger partial charge in [-0.25, -0.2) is 0 Å². The van der Waals surface area contributed by atoms with Gasteiger partial charge in [-0.1, -0.05) is 47.0 Å². The van der Waals surface area contributed by atoms with Crippen LogP contribution in [0.4, 0.5) is 0 Å². The van der Waals surface area contributed by atoms with Gasteiger partial charge in [-0.15, -0.1) is 11.8 Å². The summed E-state index contributed by atoms with van der Waals surface area (Å²) in [4.78, 5) is 5.86. The summed E-state index contributed by atoms with van der Waals surface area (Å²) in [5, 5.41) is 2.24. The minimum Gasteiger partial charge on any atom is -0.366 e. The average molecular weight is 289 g/mol. The number of H-pyrrole nitrogens is 1. The first-order valence-electron chi connectivity index (χ1n) is 4.22. The Morgan fingerprint density at radius 1 is 1.07 bits per heavy atom. The van der Waals surface area contributed by atoms with E-state index in [1.165, 1.54) is 22.5 Å². The molecule has 0 amide bonds. The van der Waals surface area contributed by atoms with E-state index in [2.05, 4.69) is 29.0 Å². The maximum atomic E-state index is 3.14. The van der Waals surface area contributed by atoms with Crippen LogP contribution in [0.25, 0.3) is 0 Å². The van der Waals surface area contributed by atoms with E-state index in [1.807, 2.05) is 58.8 Å². The summed E-state index contributed by atoms with van der Waals surface area (Å²) >= 11 is 9.34. The van der Waals surface area contributed by atoms with Crippen LogP contribution in [-0.2, 0) is 0 Å². The molecule has 0 bridgehead atoms. The first-order chi connectivity index (χ1) is 7.36. The molecule has 2 aliphatic rings. The van der Waals surface area contributed by atoms with Gasteiger partial charge < -0.3 is 4.98 Å². The third-order valence-corrected chi connectivity index (χ3v) is 8.53. The van der Waals surface area contributed by atoms with Crippen LogP contribution < -0.4 is 0 Å². The molecule has 1 aromatic rings. The van der Waals surface area contributed by atoms with Gasteiger partial charge in [0.15, 0.2) is 0 Å². The van der Waals surface area contributed by atoms with Crippen molar-refractivity contribution >= 4 is 58.8 Å². The van der Waals surface area contributed by atoms with E-state index < -0.39 is 0 Å². The van der Waals surface area contributed by atoms with Gasteiger partial charge in [-0.2, -0.15) is 0 Å². The molecule has 15 heavy (non-hydrogen) atoms. The monoisotopic (exact) mass is 289 g/mol. The van der Waals surface area contributed by atoms with Gasteiger partial charge in [0.25, 0.3) is 0 Å². The van der Waals surface area contributed by atoms with Crippen molar-refractivity contribution in [2.45, 2.75) is 9.79 Å². The smallest absolute Gasteiger partial charge is 0.0707 e. The van der Waals surface area contributed by atoms with E-state index in [-0.39, 0.29) is 0 Å². The molecule has 0 fully saturated rings. The fourth-order valence-corrected chi connectivity index (χ4v) is 7.13. The standard InChI is InChI=1S/C9H7NS5/c1-11-7-4-12-8(15-7)9-13-5-2-10-3-6(5)14-9/h2-4,10H,1H3. The van der Waals surface area contributed by atoms with Crippen LogP contribution in [0.5, 0.6) is 0 Å². The first kappa shape index (κ1) is 10.7. The van der Waals surface area contributed by atoms with E-state index in [4.69, 9.17) is 0 Å². The molecule has 0 saturated heterocycles. The highest BCUT2D eigenvalue weighted by molar-refractivity contribution is 8.37. The number of aromatic nitrogens is 1. The molecule has 0 spiro atoms. The number of fused-ring (bicyclic) bond motifs is 1. The van der Waals surface area contributed by atoms with Gasteiger partial charge in [-0.3, -0.25) is 0 Å². The lowest BCUT2D eigenvalue weighted by atomic mass is 10.7. The minimum absolute atomic E-state index is 1.36. The second-order valence-electron chi connectivity index (χ2n) is 2.82. The van der Waals surface area contributed by atoms with Gasteiger partial charge in [0.1, 0.15) is 0 Å². The van der Waals surface area contributed by atoms with Gasteiger partial charge in [0.05, 0.1) is 12.7 Å². The molecule has 0 radical (unpaired) electrons. The molecule has 0 atom stereocenters. The zero-order valence-electron chi connectivity index (χ0n) is 7.77. The summed E-state index contributed by atoms with van der Waals surface area (Å²) in [6.07, 6.45) is 6.28. The van der Waals surface area contributed by atoms with Gasteiger partial charge >= 0.3 is 0 Å². The number of hydrogen-bond acceptors (Lipinski definition) is 5. The summed E-state index contributed by atoms with van der Waals surface area (Å²) in [5.41, 5.74) is 0. The lowest BCUT2D eigenvalue weighted by Crippen LogP contribution is -1.67. The molecular formula is C9H7NS5. The van der Waals surface area contributed by atoms with Crippen molar-refractivity contribution < 1.29 is 0 Å². The highest BCUT2D eigenvalue weighted by Crippen LogP contribution is 2.59. The Hall–Kier alpha value is 0.510. The Bertz CT molecular complexity index is 436. The zero-order chi connectivity index (χ0) is 10.3. The normalized spacial score (nSPS) is 19.7. The Morgan fingerprint density at radius 3 is 2.40 bits per heavy atom. The molecule has 0 unspecified atom stereocenters. The van der Waals surface area contributed by atoms with Crippen LogP contribution in [0.3, 0.4) is 0 Å². The number of aromatic amines is 1. The minimum atomic E-state index is 1.36. The van der Waals surface area contributed by atoms with E-state index in [1.54, 1.807) is 0 Å². The predicted molar refractivity (Wildman–Crippen MR) is 76.3 cm³/mol.